The minimum Gasteiger partial charge on any atom is -0.378 e. The average Bonchev–Trinajstić information content (AvgIpc) is 2.62. The topological polar surface area (TPSA) is 49.9 Å². The van der Waals surface area contributed by atoms with Crippen LogP contribution < -0.4 is 0 Å². The first-order valence-electron chi connectivity index (χ1n) is 8.06. The molecule has 1 unspecified atom stereocenters. The SMILES string of the molecule is O=C(c1ccc(I)cc1)N1CCCC(C(=O)N2CCOCC2)C1. The Morgan fingerprint density at radius 3 is 2.43 bits per heavy atom. The molecule has 2 aliphatic heterocycles. The number of amides is 2. The second-order valence-corrected chi connectivity index (χ2v) is 7.28. The Bertz CT molecular complexity index is 570. The molecule has 0 bridgehead atoms. The summed E-state index contributed by atoms with van der Waals surface area (Å²) in [4.78, 5) is 29.0. The van der Waals surface area contributed by atoms with Crippen LogP contribution in [0, 0.1) is 9.49 Å². The van der Waals surface area contributed by atoms with E-state index in [4.69, 9.17) is 4.74 Å². The minimum atomic E-state index is -0.0744. The zero-order valence-corrected chi connectivity index (χ0v) is 15.2. The molecule has 5 nitrogen and oxygen atoms in total. The number of halogens is 1. The molecule has 3 rings (SSSR count). The second-order valence-electron chi connectivity index (χ2n) is 6.03. The molecule has 1 atom stereocenters. The van der Waals surface area contributed by atoms with Crippen molar-refractivity contribution in [2.45, 2.75) is 12.8 Å². The Kier molecular flexibility index (Phi) is 5.53. The molecule has 0 radical (unpaired) electrons. The van der Waals surface area contributed by atoms with Gasteiger partial charge in [-0.2, -0.15) is 0 Å². The number of hydrogen-bond acceptors (Lipinski definition) is 3. The predicted octanol–water partition coefficient (Wildman–Crippen LogP) is 2.00. The van der Waals surface area contributed by atoms with Gasteiger partial charge in [-0.1, -0.05) is 0 Å². The molecule has 2 heterocycles. The van der Waals surface area contributed by atoms with Crippen molar-refractivity contribution in [1.29, 1.82) is 0 Å². The van der Waals surface area contributed by atoms with E-state index in [0.29, 0.717) is 38.4 Å². The van der Waals surface area contributed by atoms with E-state index in [1.807, 2.05) is 34.1 Å². The summed E-state index contributed by atoms with van der Waals surface area (Å²) >= 11 is 2.23. The van der Waals surface area contributed by atoms with E-state index in [9.17, 15) is 9.59 Å². The van der Waals surface area contributed by atoms with E-state index in [1.54, 1.807) is 0 Å². The number of ether oxygens (including phenoxy) is 1. The van der Waals surface area contributed by atoms with E-state index in [-0.39, 0.29) is 17.7 Å². The average molecular weight is 428 g/mol. The molecule has 0 aliphatic carbocycles. The number of piperidine rings is 1. The van der Waals surface area contributed by atoms with Gasteiger partial charge in [0.05, 0.1) is 19.1 Å². The van der Waals surface area contributed by atoms with E-state index in [1.165, 1.54) is 0 Å². The number of hydrogen-bond donors (Lipinski definition) is 0. The third-order valence-electron chi connectivity index (χ3n) is 4.47. The third-order valence-corrected chi connectivity index (χ3v) is 5.19. The lowest BCUT2D eigenvalue weighted by molar-refractivity contribution is -0.141. The largest absolute Gasteiger partial charge is 0.378 e. The summed E-state index contributed by atoms with van der Waals surface area (Å²) in [5, 5.41) is 0. The molecule has 1 aromatic rings. The van der Waals surface area contributed by atoms with Crippen LogP contribution in [-0.4, -0.2) is 61.0 Å². The summed E-state index contributed by atoms with van der Waals surface area (Å²) < 4.78 is 6.41. The van der Waals surface area contributed by atoms with Gasteiger partial charge in [0, 0.05) is 35.3 Å². The molecule has 6 heteroatoms. The van der Waals surface area contributed by atoms with E-state index in [2.05, 4.69) is 22.6 Å². The Morgan fingerprint density at radius 1 is 1.04 bits per heavy atom. The van der Waals surface area contributed by atoms with Crippen molar-refractivity contribution >= 4 is 34.4 Å². The van der Waals surface area contributed by atoms with Crippen LogP contribution in [0.3, 0.4) is 0 Å². The fraction of sp³-hybridized carbons (Fsp3) is 0.529. The molecular weight excluding hydrogens is 407 g/mol. The smallest absolute Gasteiger partial charge is 0.253 e. The Balaban J connectivity index is 1.64. The van der Waals surface area contributed by atoms with Gasteiger partial charge in [0.25, 0.3) is 5.91 Å². The van der Waals surface area contributed by atoms with Gasteiger partial charge in [-0.3, -0.25) is 9.59 Å². The lowest BCUT2D eigenvalue weighted by atomic mass is 9.95. The van der Waals surface area contributed by atoms with Crippen molar-refractivity contribution < 1.29 is 14.3 Å². The maximum absolute atomic E-state index is 12.6. The van der Waals surface area contributed by atoms with Crippen LogP contribution in [0.2, 0.25) is 0 Å². The summed E-state index contributed by atoms with van der Waals surface area (Å²) in [6, 6.07) is 7.59. The Morgan fingerprint density at radius 2 is 1.74 bits per heavy atom. The van der Waals surface area contributed by atoms with Crippen molar-refractivity contribution in [2.24, 2.45) is 5.92 Å². The molecular formula is C17H21IN2O3. The van der Waals surface area contributed by atoms with Gasteiger partial charge >= 0.3 is 0 Å². The second kappa shape index (κ2) is 7.61. The zero-order chi connectivity index (χ0) is 16.2. The van der Waals surface area contributed by atoms with Crippen LogP contribution in [0.25, 0.3) is 0 Å². The Labute approximate surface area is 150 Å². The normalized spacial score (nSPS) is 22.0. The maximum Gasteiger partial charge on any atom is 0.253 e. The summed E-state index contributed by atoms with van der Waals surface area (Å²) in [7, 11) is 0. The van der Waals surface area contributed by atoms with Crippen LogP contribution in [0.5, 0.6) is 0 Å². The van der Waals surface area contributed by atoms with Crippen molar-refractivity contribution in [3.63, 3.8) is 0 Å². The van der Waals surface area contributed by atoms with E-state index in [0.717, 1.165) is 23.0 Å². The lowest BCUT2D eigenvalue weighted by Gasteiger charge is -2.36. The van der Waals surface area contributed by atoms with Crippen LogP contribution in [0.1, 0.15) is 23.2 Å². The van der Waals surface area contributed by atoms with Crippen molar-refractivity contribution in [2.75, 3.05) is 39.4 Å². The molecule has 0 aromatic heterocycles. The van der Waals surface area contributed by atoms with E-state index < -0.39 is 0 Å². The molecule has 2 saturated heterocycles. The molecule has 2 aliphatic rings. The van der Waals surface area contributed by atoms with E-state index >= 15 is 0 Å². The quantitative estimate of drug-likeness (QED) is 0.678. The van der Waals surface area contributed by atoms with Gasteiger partial charge in [-0.25, -0.2) is 0 Å². The summed E-state index contributed by atoms with van der Waals surface area (Å²) in [6.07, 6.45) is 1.75. The van der Waals surface area contributed by atoms with Gasteiger partial charge in [-0.05, 0) is 59.7 Å². The van der Waals surface area contributed by atoms with Gasteiger partial charge in [0.1, 0.15) is 0 Å². The van der Waals surface area contributed by atoms with Gasteiger partial charge < -0.3 is 14.5 Å². The molecule has 1 aromatic carbocycles. The predicted molar refractivity (Wildman–Crippen MR) is 95.2 cm³/mol. The van der Waals surface area contributed by atoms with Crippen molar-refractivity contribution in [1.82, 2.24) is 9.80 Å². The Hall–Kier alpha value is -1.15. The zero-order valence-electron chi connectivity index (χ0n) is 13.0. The molecule has 2 fully saturated rings. The number of nitrogens with zero attached hydrogens (tertiary/aromatic N) is 2. The maximum atomic E-state index is 12.6. The number of rotatable bonds is 2. The molecule has 23 heavy (non-hydrogen) atoms. The van der Waals surface area contributed by atoms with Crippen molar-refractivity contribution in [3.8, 4) is 0 Å². The molecule has 0 saturated carbocycles. The lowest BCUT2D eigenvalue weighted by Crippen LogP contribution is -2.49. The highest BCUT2D eigenvalue weighted by Crippen LogP contribution is 2.21. The monoisotopic (exact) mass is 428 g/mol. The molecule has 124 valence electrons. The number of carbonyl (C=O) groups excluding carboxylic acids is 2. The van der Waals surface area contributed by atoms with Crippen LogP contribution in [0.4, 0.5) is 0 Å². The fourth-order valence-electron chi connectivity index (χ4n) is 3.18. The summed E-state index contributed by atoms with van der Waals surface area (Å²) in [5.74, 6) is 0.129. The number of likely N-dealkylation sites (tertiary alicyclic amines) is 1. The fourth-order valence-corrected chi connectivity index (χ4v) is 3.54. The van der Waals surface area contributed by atoms with Crippen LogP contribution in [-0.2, 0) is 9.53 Å². The number of benzene rings is 1. The van der Waals surface area contributed by atoms with Crippen LogP contribution in [0.15, 0.2) is 24.3 Å². The highest BCUT2D eigenvalue weighted by molar-refractivity contribution is 14.1. The first-order chi connectivity index (χ1) is 11.1. The first-order valence-corrected chi connectivity index (χ1v) is 9.14. The highest BCUT2D eigenvalue weighted by atomic mass is 127. The highest BCUT2D eigenvalue weighted by Gasteiger charge is 2.32. The molecule has 2 amide bonds. The standard InChI is InChI=1S/C17H21IN2O3/c18-15-5-3-13(4-6-15)16(21)20-7-1-2-14(12-20)17(22)19-8-10-23-11-9-19/h3-6,14H,1-2,7-12H2. The van der Waals surface area contributed by atoms with Gasteiger partial charge in [0.2, 0.25) is 5.91 Å². The van der Waals surface area contributed by atoms with Gasteiger partial charge in [-0.15, -0.1) is 0 Å². The summed E-state index contributed by atoms with van der Waals surface area (Å²) in [6.45, 7) is 3.83. The van der Waals surface area contributed by atoms with Crippen LogP contribution >= 0.6 is 22.6 Å². The third kappa shape index (κ3) is 4.03. The minimum absolute atomic E-state index is 0.0286. The first kappa shape index (κ1) is 16.7. The number of morpholine rings is 1. The molecule has 0 N–H and O–H groups in total. The summed E-state index contributed by atoms with van der Waals surface area (Å²) in [5.41, 5.74) is 0.699. The van der Waals surface area contributed by atoms with Gasteiger partial charge in [0.15, 0.2) is 0 Å². The number of carbonyl (C=O) groups is 2. The molecule has 0 spiro atoms. The van der Waals surface area contributed by atoms with Crippen molar-refractivity contribution in [3.05, 3.63) is 33.4 Å².